The Morgan fingerprint density at radius 1 is 1.14 bits per heavy atom. The number of ether oxygens (including phenoxy) is 3. The van der Waals surface area contributed by atoms with Crippen LogP contribution >= 0.6 is 12.2 Å². The summed E-state index contributed by atoms with van der Waals surface area (Å²) in [6, 6.07) is 3.87. The third kappa shape index (κ3) is 8.59. The first kappa shape index (κ1) is 32.1. The van der Waals surface area contributed by atoms with Crippen molar-refractivity contribution in [1.82, 2.24) is 19.8 Å². The second-order valence-corrected chi connectivity index (χ2v) is 17.1. The van der Waals surface area contributed by atoms with Crippen molar-refractivity contribution < 1.29 is 36.2 Å². The fraction of sp³-hybridized carbons (Fsp3) is 0.481. The molecule has 2 aromatic heterocycles. The average Bonchev–Trinajstić information content (AvgIpc) is 3.29. The number of morpholine rings is 1. The Hall–Kier alpha value is -2.85. The predicted octanol–water partition coefficient (Wildman–Crippen LogP) is 6.06. The molecule has 0 unspecified atom stereocenters. The number of thiocarbonyl (C=S) groups is 1. The van der Waals surface area contributed by atoms with Gasteiger partial charge < -0.3 is 29.4 Å². The Bertz CT molecular complexity index is 1370. The first-order valence-electron chi connectivity index (χ1n) is 13.5. The SMILES string of the molecule is C[Si](C)(C)CCOCn1cc(C(F)(F)F)c2c(Oc3c(F)cc(NC(=S)NCCN4CCOCC4)cc3F)ccnc21. The zero-order valence-corrected chi connectivity index (χ0v) is 25.4. The van der Waals surface area contributed by atoms with Crippen LogP contribution in [-0.2, 0) is 22.4 Å². The van der Waals surface area contributed by atoms with E-state index in [0.29, 0.717) is 32.9 Å². The molecule has 8 nitrogen and oxygen atoms in total. The van der Waals surface area contributed by atoms with Crippen molar-refractivity contribution in [2.75, 3.05) is 51.3 Å². The number of hydrogen-bond acceptors (Lipinski definition) is 6. The first-order valence-corrected chi connectivity index (χ1v) is 17.6. The number of alkyl halides is 3. The standard InChI is InChI=1S/C27H34F5N5O3SSi/c1-42(2,3)13-12-39-17-37-16-19(27(30,31)32)23-22(4-5-33-25(23)37)40-24-20(28)14-18(15-21(24)29)35-26(41)34-6-7-36-8-10-38-11-9-36/h4-5,14-16H,6-13,17H2,1-3H3,(H2,34,35,41). The molecule has 0 spiro atoms. The van der Waals surface area contributed by atoms with E-state index in [1.54, 1.807) is 0 Å². The minimum absolute atomic E-state index is 0.0127. The van der Waals surface area contributed by atoms with Gasteiger partial charge in [-0.3, -0.25) is 4.90 Å². The van der Waals surface area contributed by atoms with E-state index < -0.39 is 48.3 Å². The van der Waals surface area contributed by atoms with Gasteiger partial charge in [-0.15, -0.1) is 0 Å². The smallest absolute Gasteiger partial charge is 0.418 e. The molecule has 0 radical (unpaired) electrons. The van der Waals surface area contributed by atoms with Gasteiger partial charge in [0.25, 0.3) is 0 Å². The molecular formula is C27H34F5N5O3SSi. The maximum atomic E-state index is 15.0. The van der Waals surface area contributed by atoms with Gasteiger partial charge in [0.05, 0.1) is 24.2 Å². The summed E-state index contributed by atoms with van der Waals surface area (Å²) in [5, 5.41) is 5.43. The summed E-state index contributed by atoms with van der Waals surface area (Å²) in [6.45, 7) is 10.9. The molecule has 230 valence electrons. The Morgan fingerprint density at radius 3 is 2.48 bits per heavy atom. The molecule has 1 aromatic carbocycles. The van der Waals surface area contributed by atoms with Crippen molar-refractivity contribution in [2.45, 2.75) is 38.6 Å². The van der Waals surface area contributed by atoms with E-state index in [-0.39, 0.29) is 23.2 Å². The van der Waals surface area contributed by atoms with Gasteiger partial charge in [-0.25, -0.2) is 13.8 Å². The Labute approximate surface area is 247 Å². The third-order valence-corrected chi connectivity index (χ3v) is 8.49. The van der Waals surface area contributed by atoms with Crippen molar-refractivity contribution in [2.24, 2.45) is 0 Å². The van der Waals surface area contributed by atoms with Crippen LogP contribution in [0.2, 0.25) is 25.7 Å². The number of hydrogen-bond donors (Lipinski definition) is 2. The fourth-order valence-corrected chi connectivity index (χ4v) is 5.27. The molecule has 1 saturated heterocycles. The zero-order chi connectivity index (χ0) is 30.5. The highest BCUT2D eigenvalue weighted by atomic mass is 32.1. The van der Waals surface area contributed by atoms with Crippen LogP contribution in [0.1, 0.15) is 5.56 Å². The van der Waals surface area contributed by atoms with Gasteiger partial charge in [0, 0.05) is 71.1 Å². The number of fused-ring (bicyclic) bond motifs is 1. The average molecular weight is 632 g/mol. The van der Waals surface area contributed by atoms with Crippen molar-refractivity contribution in [1.29, 1.82) is 0 Å². The molecule has 0 aliphatic carbocycles. The summed E-state index contributed by atoms with van der Waals surface area (Å²) in [6.07, 6.45) is -2.70. The van der Waals surface area contributed by atoms with Gasteiger partial charge in [0.15, 0.2) is 22.5 Å². The molecular weight excluding hydrogens is 597 g/mol. The highest BCUT2D eigenvalue weighted by Crippen LogP contribution is 2.42. The minimum Gasteiger partial charge on any atom is -0.450 e. The monoisotopic (exact) mass is 631 g/mol. The molecule has 3 aromatic rings. The number of anilines is 1. The lowest BCUT2D eigenvalue weighted by Crippen LogP contribution is -2.42. The number of benzene rings is 1. The van der Waals surface area contributed by atoms with E-state index in [1.165, 1.54) is 10.8 Å². The van der Waals surface area contributed by atoms with E-state index in [1.807, 2.05) is 0 Å². The second-order valence-electron chi connectivity index (χ2n) is 11.1. The number of aromatic nitrogens is 2. The predicted molar refractivity (Wildman–Crippen MR) is 157 cm³/mol. The summed E-state index contributed by atoms with van der Waals surface area (Å²) in [5.74, 6) is -3.50. The van der Waals surface area contributed by atoms with Crippen molar-refractivity contribution in [3.8, 4) is 11.5 Å². The molecule has 0 atom stereocenters. The maximum Gasteiger partial charge on any atom is 0.418 e. The van der Waals surface area contributed by atoms with Gasteiger partial charge in [0.2, 0.25) is 0 Å². The molecule has 0 amide bonds. The Balaban J connectivity index is 1.49. The van der Waals surface area contributed by atoms with Crippen LogP contribution in [-0.4, -0.2) is 73.6 Å². The largest absolute Gasteiger partial charge is 0.450 e. The molecule has 42 heavy (non-hydrogen) atoms. The van der Waals surface area contributed by atoms with Crippen molar-refractivity contribution >= 4 is 42.1 Å². The molecule has 1 fully saturated rings. The third-order valence-electron chi connectivity index (χ3n) is 6.54. The summed E-state index contributed by atoms with van der Waals surface area (Å²) >= 11 is 5.22. The van der Waals surface area contributed by atoms with Crippen molar-refractivity contribution in [3.05, 3.63) is 47.8 Å². The van der Waals surface area contributed by atoms with Crippen LogP contribution in [0.5, 0.6) is 11.5 Å². The topological polar surface area (TPSA) is 72.8 Å². The normalized spacial score (nSPS) is 14.8. The maximum absolute atomic E-state index is 15.0. The highest BCUT2D eigenvalue weighted by molar-refractivity contribution is 7.80. The summed E-state index contributed by atoms with van der Waals surface area (Å²) < 4.78 is 89.7. The lowest BCUT2D eigenvalue weighted by atomic mass is 10.2. The van der Waals surface area contributed by atoms with E-state index in [9.17, 15) is 13.2 Å². The highest BCUT2D eigenvalue weighted by Gasteiger charge is 2.37. The van der Waals surface area contributed by atoms with Crippen LogP contribution in [0.15, 0.2) is 30.6 Å². The van der Waals surface area contributed by atoms with Gasteiger partial charge in [-0.05, 0) is 24.3 Å². The molecule has 1 aliphatic heterocycles. The summed E-state index contributed by atoms with van der Waals surface area (Å²) in [4.78, 5) is 6.27. The molecule has 0 saturated carbocycles. The number of pyridine rings is 1. The number of nitrogens with zero attached hydrogens (tertiary/aromatic N) is 3. The fourth-order valence-electron chi connectivity index (χ4n) is 4.29. The van der Waals surface area contributed by atoms with Crippen LogP contribution in [0.3, 0.4) is 0 Å². The van der Waals surface area contributed by atoms with E-state index >= 15 is 8.78 Å². The molecule has 1 aliphatic rings. The van der Waals surface area contributed by atoms with Crippen LogP contribution in [0.4, 0.5) is 27.6 Å². The minimum atomic E-state index is -4.78. The first-order chi connectivity index (χ1) is 19.8. The molecule has 15 heteroatoms. The van der Waals surface area contributed by atoms with Crippen molar-refractivity contribution in [3.63, 3.8) is 0 Å². The van der Waals surface area contributed by atoms with Gasteiger partial charge >= 0.3 is 6.18 Å². The zero-order valence-electron chi connectivity index (χ0n) is 23.6. The number of nitrogens with one attached hydrogen (secondary N) is 2. The second kappa shape index (κ2) is 13.6. The molecule has 3 heterocycles. The van der Waals surface area contributed by atoms with Gasteiger partial charge in [-0.1, -0.05) is 19.6 Å². The number of rotatable bonds is 11. The Kier molecular flexibility index (Phi) is 10.4. The number of halogens is 5. The Morgan fingerprint density at radius 2 is 1.83 bits per heavy atom. The van der Waals surface area contributed by atoms with E-state index in [4.69, 9.17) is 26.4 Å². The van der Waals surface area contributed by atoms with E-state index in [0.717, 1.165) is 43.5 Å². The summed E-state index contributed by atoms with van der Waals surface area (Å²) in [7, 11) is -1.40. The molecule has 4 rings (SSSR count). The van der Waals surface area contributed by atoms with Crippen LogP contribution in [0.25, 0.3) is 11.0 Å². The summed E-state index contributed by atoms with van der Waals surface area (Å²) in [5.41, 5.74) is -1.12. The lowest BCUT2D eigenvalue weighted by molar-refractivity contribution is -0.136. The van der Waals surface area contributed by atoms with Crippen LogP contribution < -0.4 is 15.4 Å². The van der Waals surface area contributed by atoms with E-state index in [2.05, 4.69) is 40.2 Å². The van der Waals surface area contributed by atoms with Gasteiger partial charge in [0.1, 0.15) is 18.1 Å². The van der Waals surface area contributed by atoms with Gasteiger partial charge in [-0.2, -0.15) is 13.2 Å². The quantitative estimate of drug-likeness (QED) is 0.115. The molecule has 0 bridgehead atoms. The van der Waals surface area contributed by atoms with Crippen LogP contribution in [0, 0.1) is 11.6 Å². The lowest BCUT2D eigenvalue weighted by Gasteiger charge is -2.26. The molecule has 2 N–H and O–H groups in total.